The van der Waals surface area contributed by atoms with E-state index in [0.717, 1.165) is 6.42 Å². The Bertz CT molecular complexity index is 1620. The normalized spacial score (nSPS) is 50.5. The van der Waals surface area contributed by atoms with Gasteiger partial charge in [-0.1, -0.05) is 34.6 Å². The van der Waals surface area contributed by atoms with E-state index in [-0.39, 0.29) is 31.7 Å². The predicted molar refractivity (Wildman–Crippen MR) is 195 cm³/mol. The third-order valence-electron chi connectivity index (χ3n) is 16.0. The molecule has 0 aromatic heterocycles. The van der Waals surface area contributed by atoms with Crippen LogP contribution in [0.2, 0.25) is 0 Å². The number of nitrogens with zero attached hydrogens (tertiary/aromatic N) is 1. The van der Waals surface area contributed by atoms with E-state index in [0.29, 0.717) is 31.8 Å². The van der Waals surface area contributed by atoms with Gasteiger partial charge in [-0.05, 0) is 76.5 Å². The number of carbonyl (C=O) groups is 4. The number of aliphatic hydroxyl groups is 5. The van der Waals surface area contributed by atoms with Crippen molar-refractivity contribution in [2.45, 2.75) is 172 Å². The number of rotatable bonds is 8. The van der Waals surface area contributed by atoms with Crippen LogP contribution in [0.25, 0.3) is 0 Å². The molecule has 0 amide bonds. The number of fused-ring (bicyclic) bond motifs is 5. The van der Waals surface area contributed by atoms with Gasteiger partial charge in [0.25, 0.3) is 0 Å². The highest BCUT2D eigenvalue weighted by atomic mass is 16.7. The van der Waals surface area contributed by atoms with E-state index < -0.39 is 124 Å². The van der Waals surface area contributed by atoms with Crippen LogP contribution in [0, 0.1) is 46.8 Å². The van der Waals surface area contributed by atoms with Crippen LogP contribution in [-0.2, 0) is 42.9 Å². The lowest BCUT2D eigenvalue weighted by Crippen LogP contribution is -2.78. The summed E-state index contributed by atoms with van der Waals surface area (Å²) in [5, 5.41) is 62.9. The Morgan fingerprint density at radius 3 is 2.14 bits per heavy atom. The van der Waals surface area contributed by atoms with Crippen molar-refractivity contribution in [1.29, 1.82) is 0 Å². The van der Waals surface area contributed by atoms with Crippen molar-refractivity contribution in [2.75, 3.05) is 13.1 Å². The molecular weight excluding hydrogens is 730 g/mol. The summed E-state index contributed by atoms with van der Waals surface area (Å²) >= 11 is 0. The quantitative estimate of drug-likeness (QED) is 0.174. The van der Waals surface area contributed by atoms with E-state index in [2.05, 4.69) is 11.8 Å². The Labute approximate surface area is 328 Å². The lowest BCUT2D eigenvalue weighted by atomic mass is 9.48. The molecule has 0 aromatic carbocycles. The molecule has 56 heavy (non-hydrogen) atoms. The summed E-state index contributed by atoms with van der Waals surface area (Å²) in [5.41, 5.74) is -8.37. The molecule has 5 N–H and O–H groups in total. The summed E-state index contributed by atoms with van der Waals surface area (Å²) in [6.07, 6.45) is -5.31. The zero-order valence-electron chi connectivity index (χ0n) is 34.2. The Hall–Kier alpha value is -2.40. The molecule has 3 saturated heterocycles. The first-order valence-electron chi connectivity index (χ1n) is 20.7. The summed E-state index contributed by atoms with van der Waals surface area (Å²) in [6.45, 7) is 15.5. The second-order valence-corrected chi connectivity index (χ2v) is 19.2. The first kappa shape index (κ1) is 41.7. The molecule has 15 heteroatoms. The van der Waals surface area contributed by atoms with Crippen molar-refractivity contribution >= 4 is 23.9 Å². The van der Waals surface area contributed by atoms with Gasteiger partial charge in [0, 0.05) is 44.3 Å². The maximum atomic E-state index is 13.9. The highest BCUT2D eigenvalue weighted by molar-refractivity contribution is 5.79. The Balaban J connectivity index is 1.45. The van der Waals surface area contributed by atoms with Crippen LogP contribution in [0.3, 0.4) is 0 Å². The van der Waals surface area contributed by atoms with Crippen LogP contribution in [0.5, 0.6) is 0 Å². The number of aliphatic hydroxyl groups excluding tert-OH is 1. The van der Waals surface area contributed by atoms with Crippen molar-refractivity contribution in [3.05, 3.63) is 0 Å². The van der Waals surface area contributed by atoms with Gasteiger partial charge in [-0.15, -0.1) is 0 Å². The van der Waals surface area contributed by atoms with E-state index in [1.807, 2.05) is 13.8 Å². The summed E-state index contributed by atoms with van der Waals surface area (Å²) in [7, 11) is 0. The maximum absolute atomic E-state index is 13.9. The zero-order valence-corrected chi connectivity index (χ0v) is 34.2. The summed E-state index contributed by atoms with van der Waals surface area (Å²) in [4.78, 5) is 55.6. The third-order valence-corrected chi connectivity index (χ3v) is 16.0. The summed E-state index contributed by atoms with van der Waals surface area (Å²) in [6, 6.07) is -0.309. The van der Waals surface area contributed by atoms with Gasteiger partial charge in [-0.3, -0.25) is 19.3 Å². The molecule has 3 heterocycles. The first-order chi connectivity index (χ1) is 26.0. The standard InChI is InChI=1S/C41H63NO14/c1-10-20(4)34(46)55-33-28(45)27-23(18-42-17-19(3)12-13-25(42)38(27,9)49)24-16-39-32(40(24,33)50)30(53-22(6)44)29(52-21(5)43)31-36(39,7)15-14-26(41(31,51)56-39)54-35(47)37(8,48)11-2/h19-20,23-33,45,48-51H,10-18H2,1-9H3/t19-,20?,23-,24-,25-,26-,27+,28+,29?,30+,31-,32+,33-,36-,37?,38+,39-,40-,41?/m0/s1. The number of piperidine rings is 2. The molecule has 4 aliphatic carbocycles. The van der Waals surface area contributed by atoms with Crippen LogP contribution in [0.4, 0.5) is 0 Å². The van der Waals surface area contributed by atoms with Crippen molar-refractivity contribution in [2.24, 2.45) is 46.8 Å². The zero-order chi connectivity index (χ0) is 41.3. The fraction of sp³-hybridized carbons (Fsp3) is 0.902. The van der Waals surface area contributed by atoms with Crippen molar-refractivity contribution in [1.82, 2.24) is 4.90 Å². The number of esters is 4. The molecular formula is C41H63NO14. The van der Waals surface area contributed by atoms with Gasteiger partial charge in [-0.25, -0.2) is 4.79 Å². The summed E-state index contributed by atoms with van der Waals surface area (Å²) in [5.74, 6) is -10.8. The fourth-order valence-corrected chi connectivity index (χ4v) is 13.1. The first-order valence-corrected chi connectivity index (χ1v) is 20.7. The summed E-state index contributed by atoms with van der Waals surface area (Å²) < 4.78 is 31.3. The molecule has 0 radical (unpaired) electrons. The number of carbonyl (C=O) groups excluding carboxylic acids is 4. The molecule has 4 bridgehead atoms. The molecule has 3 aliphatic heterocycles. The third kappa shape index (κ3) is 5.60. The number of ether oxygens (including phenoxy) is 5. The molecule has 7 aliphatic rings. The smallest absolute Gasteiger partial charge is 0.338 e. The van der Waals surface area contributed by atoms with Gasteiger partial charge in [-0.2, -0.15) is 0 Å². The lowest BCUT2D eigenvalue weighted by molar-refractivity contribution is -0.301. The van der Waals surface area contributed by atoms with Crippen LogP contribution < -0.4 is 0 Å². The SMILES string of the molecule is CCC(C)C(=O)O[C@H]1[C@H](O)[C@H]2[C@@H](CN3C[C@@H](C)CC[C@H]3[C@@]2(C)O)[C@@H]2C[C@@]34OC5(O)[C@@H](OC(=O)C(C)(O)CC)CC[C@@]3(C)[C@@H]5C(OC(C)=O)[C@@H](OC(C)=O)[C@H]4[C@@]21O. The maximum Gasteiger partial charge on any atom is 0.338 e. The van der Waals surface area contributed by atoms with E-state index in [4.69, 9.17) is 23.7 Å². The van der Waals surface area contributed by atoms with Crippen LogP contribution in [0.1, 0.15) is 107 Å². The highest BCUT2D eigenvalue weighted by Gasteiger charge is 2.90. The minimum absolute atomic E-state index is 0.0107. The topological polar surface area (TPSA) is 219 Å². The van der Waals surface area contributed by atoms with E-state index in [9.17, 15) is 44.7 Å². The monoisotopic (exact) mass is 793 g/mol. The molecule has 7 fully saturated rings. The van der Waals surface area contributed by atoms with Crippen LogP contribution >= 0.6 is 0 Å². The Kier molecular flexibility index (Phi) is 10.1. The average molecular weight is 794 g/mol. The van der Waals surface area contributed by atoms with E-state index >= 15 is 0 Å². The average Bonchev–Trinajstić information content (AvgIpc) is 3.40. The lowest BCUT2D eigenvalue weighted by Gasteiger charge is -2.64. The molecule has 15 nitrogen and oxygen atoms in total. The van der Waals surface area contributed by atoms with Gasteiger partial charge in [0.05, 0.1) is 35.1 Å². The van der Waals surface area contributed by atoms with Crippen molar-refractivity contribution in [3.8, 4) is 0 Å². The molecule has 7 rings (SSSR count). The van der Waals surface area contributed by atoms with Crippen molar-refractivity contribution < 1.29 is 68.4 Å². The van der Waals surface area contributed by atoms with Crippen molar-refractivity contribution in [3.63, 3.8) is 0 Å². The van der Waals surface area contributed by atoms with Crippen LogP contribution in [-0.4, -0.2) is 132 Å². The highest BCUT2D eigenvalue weighted by Crippen LogP contribution is 2.78. The predicted octanol–water partition coefficient (Wildman–Crippen LogP) is 1.61. The van der Waals surface area contributed by atoms with Gasteiger partial charge < -0.3 is 49.2 Å². The largest absolute Gasteiger partial charge is 0.458 e. The second-order valence-electron chi connectivity index (χ2n) is 19.2. The Morgan fingerprint density at radius 1 is 0.929 bits per heavy atom. The minimum atomic E-state index is -2.38. The van der Waals surface area contributed by atoms with Gasteiger partial charge >= 0.3 is 23.9 Å². The molecule has 4 unspecified atom stereocenters. The van der Waals surface area contributed by atoms with Gasteiger partial charge in [0.2, 0.25) is 5.79 Å². The molecule has 19 atom stereocenters. The van der Waals surface area contributed by atoms with Gasteiger partial charge in [0.15, 0.2) is 17.8 Å². The molecule has 1 spiro atoms. The number of hydrogen-bond acceptors (Lipinski definition) is 15. The molecule has 316 valence electrons. The Morgan fingerprint density at radius 2 is 1.55 bits per heavy atom. The van der Waals surface area contributed by atoms with Crippen LogP contribution in [0.15, 0.2) is 0 Å². The molecule has 4 saturated carbocycles. The fourth-order valence-electron chi connectivity index (χ4n) is 13.1. The van der Waals surface area contributed by atoms with Gasteiger partial charge in [0.1, 0.15) is 17.8 Å². The number of hydrogen-bond donors (Lipinski definition) is 5. The molecule has 0 aromatic rings. The second kappa shape index (κ2) is 13.6. The minimum Gasteiger partial charge on any atom is -0.458 e. The van der Waals surface area contributed by atoms with E-state index in [1.165, 1.54) is 20.8 Å². The van der Waals surface area contributed by atoms with E-state index in [1.54, 1.807) is 20.8 Å².